The largest absolute Gasteiger partial charge is 0.375 e. The maximum atomic E-state index is 12.9. The van der Waals surface area contributed by atoms with Gasteiger partial charge < -0.3 is 10.2 Å². The Labute approximate surface area is 157 Å². The molecule has 0 fully saturated rings. The van der Waals surface area contributed by atoms with Gasteiger partial charge in [0.05, 0.1) is 37.0 Å². The number of nitrogens with zero attached hydrogens (tertiary/aromatic N) is 1. The quantitative estimate of drug-likeness (QED) is 0.428. The van der Waals surface area contributed by atoms with Crippen LogP contribution in [0, 0.1) is 15.9 Å². The van der Waals surface area contributed by atoms with Gasteiger partial charge in [0.25, 0.3) is 5.69 Å². The number of hydrogen-bond donors (Lipinski definition) is 3. The van der Waals surface area contributed by atoms with Crippen LogP contribution in [-0.2, 0) is 16.6 Å². The highest BCUT2D eigenvalue weighted by atomic mass is 32.2. The summed E-state index contributed by atoms with van der Waals surface area (Å²) in [6.45, 7) is 1.04. The molecule has 10 heteroatoms. The van der Waals surface area contributed by atoms with Crippen molar-refractivity contribution in [2.75, 3.05) is 32.5 Å². The van der Waals surface area contributed by atoms with Gasteiger partial charge in [-0.1, -0.05) is 12.1 Å². The summed E-state index contributed by atoms with van der Waals surface area (Å²) in [4.78, 5) is 11.6. The molecule has 0 aliphatic carbocycles. The van der Waals surface area contributed by atoms with Crippen LogP contribution in [0.15, 0.2) is 47.4 Å². The number of nitro groups is 1. The predicted molar refractivity (Wildman–Crippen MR) is 99.7 cm³/mol. The Kier molecular flexibility index (Phi) is 6.83. The van der Waals surface area contributed by atoms with Gasteiger partial charge in [-0.2, -0.15) is 0 Å². The minimum Gasteiger partial charge on any atom is -0.375 e. The molecule has 0 amide bonds. The van der Waals surface area contributed by atoms with Crippen LogP contribution in [0.4, 0.5) is 15.8 Å². The molecule has 2 rings (SSSR count). The second kappa shape index (κ2) is 8.89. The van der Waals surface area contributed by atoms with Gasteiger partial charge in [0, 0.05) is 12.6 Å². The van der Waals surface area contributed by atoms with E-state index < -0.39 is 14.9 Å². The summed E-state index contributed by atoms with van der Waals surface area (Å²) in [6, 6.07) is 9.40. The van der Waals surface area contributed by atoms with Gasteiger partial charge >= 0.3 is 0 Å². The Bertz CT molecular complexity index is 902. The molecule has 0 bridgehead atoms. The van der Waals surface area contributed by atoms with E-state index in [9.17, 15) is 22.9 Å². The molecule has 0 aliphatic heterocycles. The maximum absolute atomic E-state index is 12.9. The van der Waals surface area contributed by atoms with Gasteiger partial charge in [-0.05, 0) is 29.8 Å². The van der Waals surface area contributed by atoms with Crippen LogP contribution in [0.5, 0.6) is 0 Å². The summed E-state index contributed by atoms with van der Waals surface area (Å²) in [6.07, 6.45) is 0. The second-order valence-corrected chi connectivity index (χ2v) is 8.04. The molecule has 0 saturated heterocycles. The number of likely N-dealkylation sites (N-methyl/N-ethyl adjacent to an activating group) is 1. The molecule has 27 heavy (non-hydrogen) atoms. The number of sulfonamides is 1. The summed E-state index contributed by atoms with van der Waals surface area (Å²) < 4.78 is 40.0. The van der Waals surface area contributed by atoms with Crippen molar-refractivity contribution in [3.8, 4) is 0 Å². The lowest BCUT2D eigenvalue weighted by atomic mass is 10.2. The van der Waals surface area contributed by atoms with E-state index in [1.54, 1.807) is 12.1 Å². The van der Waals surface area contributed by atoms with E-state index >= 15 is 0 Å². The van der Waals surface area contributed by atoms with Gasteiger partial charge in [0.1, 0.15) is 11.5 Å². The molecule has 2 aromatic rings. The van der Waals surface area contributed by atoms with Gasteiger partial charge in [0.15, 0.2) is 0 Å². The molecule has 0 aliphatic rings. The number of benzene rings is 2. The molecule has 0 atom stereocenters. The number of hydrogen-bond acceptors (Lipinski definition) is 5. The van der Waals surface area contributed by atoms with E-state index in [1.807, 2.05) is 14.1 Å². The molecule has 3 N–H and O–H groups in total. The number of anilines is 1. The third-order valence-electron chi connectivity index (χ3n) is 3.79. The van der Waals surface area contributed by atoms with Crippen molar-refractivity contribution in [1.82, 2.24) is 4.72 Å². The van der Waals surface area contributed by atoms with E-state index in [0.717, 1.165) is 16.5 Å². The Balaban J connectivity index is 2.18. The molecule has 0 aromatic heterocycles. The zero-order valence-corrected chi connectivity index (χ0v) is 15.8. The SMILES string of the molecule is C[NH+](C)CCNS(=O)(=O)c1ccc(NCc2ccc(F)cc2)c([N+](=O)[O-])c1. The van der Waals surface area contributed by atoms with E-state index in [0.29, 0.717) is 6.54 Å². The molecule has 2 aromatic carbocycles. The molecule has 0 heterocycles. The molecular weight excluding hydrogens is 375 g/mol. The van der Waals surface area contributed by atoms with Crippen LogP contribution >= 0.6 is 0 Å². The summed E-state index contributed by atoms with van der Waals surface area (Å²) in [5, 5.41) is 14.2. The van der Waals surface area contributed by atoms with Crippen molar-refractivity contribution in [3.63, 3.8) is 0 Å². The summed E-state index contributed by atoms with van der Waals surface area (Å²) in [5.41, 5.74) is 0.564. The van der Waals surface area contributed by atoms with Crippen LogP contribution in [0.1, 0.15) is 5.56 Å². The molecular formula is C17H22FN4O4S+. The van der Waals surface area contributed by atoms with Gasteiger partial charge in [-0.25, -0.2) is 17.5 Å². The number of rotatable bonds is 9. The topological polar surface area (TPSA) is 106 Å². The highest BCUT2D eigenvalue weighted by Crippen LogP contribution is 2.28. The number of nitro benzene ring substituents is 1. The van der Waals surface area contributed by atoms with Crippen molar-refractivity contribution in [2.45, 2.75) is 11.4 Å². The Morgan fingerprint density at radius 3 is 2.41 bits per heavy atom. The monoisotopic (exact) mass is 397 g/mol. The average molecular weight is 397 g/mol. The van der Waals surface area contributed by atoms with Crippen molar-refractivity contribution in [1.29, 1.82) is 0 Å². The van der Waals surface area contributed by atoms with E-state index in [4.69, 9.17) is 0 Å². The Hall–Kier alpha value is -2.56. The fourth-order valence-corrected chi connectivity index (χ4v) is 3.35. The van der Waals surface area contributed by atoms with Crippen molar-refractivity contribution < 1.29 is 22.6 Å². The third kappa shape index (κ3) is 5.98. The first-order valence-electron chi connectivity index (χ1n) is 8.24. The van der Waals surface area contributed by atoms with Crippen LogP contribution in [0.3, 0.4) is 0 Å². The molecule has 0 saturated carbocycles. The molecule has 0 spiro atoms. The number of nitrogens with one attached hydrogen (secondary N) is 3. The number of halogens is 1. The lowest BCUT2D eigenvalue weighted by molar-refractivity contribution is -0.856. The highest BCUT2D eigenvalue weighted by molar-refractivity contribution is 7.89. The summed E-state index contributed by atoms with van der Waals surface area (Å²) in [7, 11) is -0.0586. The zero-order chi connectivity index (χ0) is 20.0. The lowest BCUT2D eigenvalue weighted by Crippen LogP contribution is -3.06. The molecule has 146 valence electrons. The van der Waals surface area contributed by atoms with Gasteiger partial charge in [0.2, 0.25) is 10.0 Å². The second-order valence-electron chi connectivity index (χ2n) is 6.27. The van der Waals surface area contributed by atoms with Crippen molar-refractivity contribution in [2.24, 2.45) is 0 Å². The fraction of sp³-hybridized carbons (Fsp3) is 0.294. The summed E-state index contributed by atoms with van der Waals surface area (Å²) in [5.74, 6) is -0.373. The molecule has 8 nitrogen and oxygen atoms in total. The van der Waals surface area contributed by atoms with Crippen LogP contribution in [0.25, 0.3) is 0 Å². The highest BCUT2D eigenvalue weighted by Gasteiger charge is 2.21. The van der Waals surface area contributed by atoms with E-state index in [2.05, 4.69) is 10.0 Å². The van der Waals surface area contributed by atoms with Crippen LogP contribution in [0.2, 0.25) is 0 Å². The summed E-state index contributed by atoms with van der Waals surface area (Å²) >= 11 is 0. The van der Waals surface area contributed by atoms with Crippen molar-refractivity contribution in [3.05, 3.63) is 64.0 Å². The van der Waals surface area contributed by atoms with Gasteiger partial charge in [-0.15, -0.1) is 0 Å². The minimum absolute atomic E-state index is 0.171. The third-order valence-corrected chi connectivity index (χ3v) is 5.25. The molecule has 0 radical (unpaired) electrons. The first kappa shape index (κ1) is 20.7. The lowest BCUT2D eigenvalue weighted by Gasteiger charge is -2.11. The maximum Gasteiger partial charge on any atom is 0.293 e. The fourth-order valence-electron chi connectivity index (χ4n) is 2.30. The number of quaternary nitrogens is 1. The first-order chi connectivity index (χ1) is 12.7. The van der Waals surface area contributed by atoms with E-state index in [1.165, 1.54) is 24.3 Å². The zero-order valence-electron chi connectivity index (χ0n) is 15.0. The smallest absolute Gasteiger partial charge is 0.293 e. The Morgan fingerprint density at radius 1 is 1.15 bits per heavy atom. The van der Waals surface area contributed by atoms with Crippen LogP contribution in [-0.4, -0.2) is 40.5 Å². The van der Waals surface area contributed by atoms with Crippen molar-refractivity contribution >= 4 is 21.4 Å². The van der Waals surface area contributed by atoms with E-state index in [-0.39, 0.29) is 35.2 Å². The normalized spacial score (nSPS) is 11.6. The van der Waals surface area contributed by atoms with Crippen LogP contribution < -0.4 is 14.9 Å². The van der Waals surface area contributed by atoms with Gasteiger partial charge in [-0.3, -0.25) is 10.1 Å². The predicted octanol–water partition coefficient (Wildman–Crippen LogP) is 0.769. The standard InChI is InChI=1S/C17H21FN4O4S/c1-21(2)10-9-20-27(25,26)15-7-8-16(17(11-15)22(23)24)19-12-13-3-5-14(18)6-4-13/h3-8,11,19-20H,9-10,12H2,1-2H3/p+1. The first-order valence-corrected chi connectivity index (χ1v) is 9.73. The minimum atomic E-state index is -3.84. The Morgan fingerprint density at radius 2 is 1.81 bits per heavy atom. The average Bonchev–Trinajstić information content (AvgIpc) is 2.60. The molecule has 0 unspecified atom stereocenters.